The van der Waals surface area contributed by atoms with Gasteiger partial charge in [0.1, 0.15) is 0 Å². The van der Waals surface area contributed by atoms with E-state index in [1.165, 1.54) is 11.0 Å². The minimum absolute atomic E-state index is 0.0752. The van der Waals surface area contributed by atoms with Crippen molar-refractivity contribution in [2.45, 2.75) is 26.7 Å². The van der Waals surface area contributed by atoms with E-state index < -0.39 is 12.1 Å². The minimum atomic E-state index is -1.28. The van der Waals surface area contributed by atoms with Crippen molar-refractivity contribution < 1.29 is 24.9 Å². The summed E-state index contributed by atoms with van der Waals surface area (Å²) in [6, 6.07) is 4.05. The third-order valence-electron chi connectivity index (χ3n) is 3.29. The van der Waals surface area contributed by atoms with Gasteiger partial charge in [-0.1, -0.05) is 19.1 Å². The average molecular weight is 310 g/mol. The second-order valence-electron chi connectivity index (χ2n) is 4.83. The van der Waals surface area contributed by atoms with Gasteiger partial charge in [-0.05, 0) is 31.4 Å². The summed E-state index contributed by atoms with van der Waals surface area (Å²) in [6.45, 7) is 4.24. The number of aromatic hydroxyl groups is 2. The van der Waals surface area contributed by atoms with Crippen LogP contribution in [-0.4, -0.2) is 56.9 Å². The van der Waals surface area contributed by atoms with Crippen LogP contribution in [0.2, 0.25) is 0 Å². The van der Waals surface area contributed by atoms with E-state index in [0.717, 1.165) is 4.90 Å². The highest BCUT2D eigenvalue weighted by Crippen LogP contribution is 2.28. The van der Waals surface area contributed by atoms with E-state index in [9.17, 15) is 19.8 Å². The predicted octanol–water partition coefficient (Wildman–Crippen LogP) is 2.47. The van der Waals surface area contributed by atoms with Gasteiger partial charge in [0.25, 0.3) is 0 Å². The molecule has 22 heavy (non-hydrogen) atoms. The smallest absolute Gasteiger partial charge is 0.415 e. The number of rotatable bonds is 6. The van der Waals surface area contributed by atoms with Crippen molar-refractivity contribution >= 4 is 12.1 Å². The molecule has 0 bridgehead atoms. The molecule has 122 valence electrons. The number of nitrogens with zero attached hydrogens (tertiary/aromatic N) is 2. The van der Waals surface area contributed by atoms with E-state index in [-0.39, 0.29) is 24.6 Å². The fourth-order valence-corrected chi connectivity index (χ4v) is 2.13. The number of carboxylic acid groups (broad SMARTS) is 1. The molecular weight excluding hydrogens is 288 g/mol. The lowest BCUT2D eigenvalue weighted by molar-refractivity contribution is 0.130. The first-order chi connectivity index (χ1) is 10.4. The van der Waals surface area contributed by atoms with Crippen molar-refractivity contribution in [2.75, 3.05) is 19.6 Å². The summed E-state index contributed by atoms with van der Waals surface area (Å²) in [5.41, 5.74) is 0.507. The number of hydrogen-bond donors (Lipinski definition) is 3. The highest BCUT2D eigenvalue weighted by atomic mass is 16.4. The molecule has 0 saturated heterocycles. The number of hydrogen-bond acceptors (Lipinski definition) is 4. The topological polar surface area (TPSA) is 101 Å². The molecule has 0 heterocycles. The van der Waals surface area contributed by atoms with Gasteiger partial charge in [-0.25, -0.2) is 14.5 Å². The largest absolute Gasteiger partial charge is 0.504 e. The lowest BCUT2D eigenvalue weighted by atomic mass is 10.1. The summed E-state index contributed by atoms with van der Waals surface area (Å²) in [4.78, 5) is 25.5. The molecule has 1 rings (SSSR count). The molecule has 0 aliphatic rings. The van der Waals surface area contributed by atoms with E-state index >= 15 is 0 Å². The molecule has 0 fully saturated rings. The minimum Gasteiger partial charge on any atom is -0.504 e. The summed E-state index contributed by atoms with van der Waals surface area (Å²) in [6.07, 6.45) is -0.272. The maximum absolute atomic E-state index is 12.2. The monoisotopic (exact) mass is 310 g/mol. The van der Waals surface area contributed by atoms with Crippen LogP contribution >= 0.6 is 0 Å². The standard InChI is InChI=1S/C15H22N2O5/c1-3-9-16(14(20)17(4-2)15(21)22)10-8-11-6-5-7-12(18)13(11)19/h5-7,18-19H,3-4,8-10H2,1-2H3,(H,21,22). The van der Waals surface area contributed by atoms with Crippen LogP contribution in [0.3, 0.4) is 0 Å². The summed E-state index contributed by atoms with van der Waals surface area (Å²) in [7, 11) is 0. The van der Waals surface area contributed by atoms with Crippen LogP contribution in [0.25, 0.3) is 0 Å². The van der Waals surface area contributed by atoms with Crippen LogP contribution in [0.4, 0.5) is 9.59 Å². The van der Waals surface area contributed by atoms with E-state index in [0.29, 0.717) is 24.9 Å². The van der Waals surface area contributed by atoms with Crippen LogP contribution in [0.1, 0.15) is 25.8 Å². The second-order valence-corrected chi connectivity index (χ2v) is 4.83. The first kappa shape index (κ1) is 17.6. The Balaban J connectivity index is 2.82. The molecule has 0 aliphatic heterocycles. The van der Waals surface area contributed by atoms with Crippen molar-refractivity contribution in [3.8, 4) is 11.5 Å². The fraction of sp³-hybridized carbons (Fsp3) is 0.467. The molecule has 0 spiro atoms. The summed E-state index contributed by atoms with van der Waals surface area (Å²) in [5, 5.41) is 28.3. The molecule has 7 heteroatoms. The Morgan fingerprint density at radius 2 is 1.82 bits per heavy atom. The molecule has 0 aliphatic carbocycles. The third-order valence-corrected chi connectivity index (χ3v) is 3.29. The third kappa shape index (κ3) is 4.28. The van der Waals surface area contributed by atoms with Crippen molar-refractivity contribution in [1.29, 1.82) is 0 Å². The Bertz CT molecular complexity index is 533. The number of imide groups is 1. The molecule has 0 atom stereocenters. The predicted molar refractivity (Wildman–Crippen MR) is 81.1 cm³/mol. The van der Waals surface area contributed by atoms with Crippen molar-refractivity contribution in [3.63, 3.8) is 0 Å². The quantitative estimate of drug-likeness (QED) is 0.701. The Morgan fingerprint density at radius 3 is 2.36 bits per heavy atom. The number of phenolic OH excluding ortho intramolecular Hbond substituents is 2. The first-order valence-electron chi connectivity index (χ1n) is 7.21. The van der Waals surface area contributed by atoms with Crippen molar-refractivity contribution in [2.24, 2.45) is 0 Å². The van der Waals surface area contributed by atoms with Gasteiger partial charge in [0, 0.05) is 19.6 Å². The zero-order valence-electron chi connectivity index (χ0n) is 12.8. The lowest BCUT2D eigenvalue weighted by Gasteiger charge is -2.27. The van der Waals surface area contributed by atoms with Crippen molar-refractivity contribution in [1.82, 2.24) is 9.80 Å². The van der Waals surface area contributed by atoms with Gasteiger partial charge in [0.15, 0.2) is 11.5 Å². The lowest BCUT2D eigenvalue weighted by Crippen LogP contribution is -2.46. The van der Waals surface area contributed by atoms with Crippen LogP contribution in [0.15, 0.2) is 18.2 Å². The van der Waals surface area contributed by atoms with Crippen LogP contribution in [-0.2, 0) is 6.42 Å². The molecule has 7 nitrogen and oxygen atoms in total. The van der Waals surface area contributed by atoms with Gasteiger partial charge >= 0.3 is 12.1 Å². The molecular formula is C15H22N2O5. The number of urea groups is 1. The zero-order valence-corrected chi connectivity index (χ0v) is 12.8. The number of phenols is 2. The SMILES string of the molecule is CCCN(CCc1cccc(O)c1O)C(=O)N(CC)C(=O)O. The number of carbonyl (C=O) groups excluding carboxylic acids is 1. The Labute approximate surface area is 129 Å². The molecule has 0 radical (unpaired) electrons. The molecule has 0 unspecified atom stereocenters. The fourth-order valence-electron chi connectivity index (χ4n) is 2.13. The van der Waals surface area contributed by atoms with Crippen molar-refractivity contribution in [3.05, 3.63) is 23.8 Å². The maximum atomic E-state index is 12.2. The van der Waals surface area contributed by atoms with E-state index in [1.807, 2.05) is 6.92 Å². The average Bonchev–Trinajstić information content (AvgIpc) is 2.47. The molecule has 3 N–H and O–H groups in total. The summed E-state index contributed by atoms with van der Waals surface area (Å²) < 4.78 is 0. The van der Waals surface area contributed by atoms with E-state index in [4.69, 9.17) is 5.11 Å². The van der Waals surface area contributed by atoms with Crippen LogP contribution in [0.5, 0.6) is 11.5 Å². The van der Waals surface area contributed by atoms with Crippen LogP contribution in [0, 0.1) is 0 Å². The van der Waals surface area contributed by atoms with Gasteiger partial charge in [-0.15, -0.1) is 0 Å². The van der Waals surface area contributed by atoms with E-state index in [2.05, 4.69) is 0 Å². The second kappa shape index (κ2) is 8.11. The Hall–Kier alpha value is -2.44. The van der Waals surface area contributed by atoms with Crippen LogP contribution < -0.4 is 0 Å². The zero-order chi connectivity index (χ0) is 16.7. The normalized spacial score (nSPS) is 10.3. The molecule has 1 aromatic carbocycles. The molecule has 3 amide bonds. The molecule has 0 saturated carbocycles. The van der Waals surface area contributed by atoms with E-state index in [1.54, 1.807) is 19.1 Å². The van der Waals surface area contributed by atoms with Gasteiger partial charge in [-0.3, -0.25) is 0 Å². The molecule has 0 aromatic heterocycles. The van der Waals surface area contributed by atoms with Gasteiger partial charge in [-0.2, -0.15) is 0 Å². The maximum Gasteiger partial charge on any atom is 0.415 e. The van der Waals surface area contributed by atoms with Gasteiger partial charge in [0.2, 0.25) is 0 Å². The highest BCUT2D eigenvalue weighted by molar-refractivity contribution is 5.90. The Morgan fingerprint density at radius 1 is 1.14 bits per heavy atom. The Kier molecular flexibility index (Phi) is 6.49. The first-order valence-corrected chi connectivity index (χ1v) is 7.21. The van der Waals surface area contributed by atoms with Gasteiger partial charge in [0.05, 0.1) is 0 Å². The number of amides is 3. The highest BCUT2D eigenvalue weighted by Gasteiger charge is 2.24. The molecule has 1 aromatic rings. The number of para-hydroxylation sites is 1. The van der Waals surface area contributed by atoms with Gasteiger partial charge < -0.3 is 20.2 Å². The summed E-state index contributed by atoms with van der Waals surface area (Å²) >= 11 is 0. The number of benzene rings is 1. The summed E-state index contributed by atoms with van der Waals surface area (Å²) in [5.74, 6) is -0.427. The number of carbonyl (C=O) groups is 2.